The number of halogens is 1. The third-order valence-corrected chi connectivity index (χ3v) is 3.04. The van der Waals surface area contributed by atoms with E-state index in [9.17, 15) is 4.79 Å². The smallest absolute Gasteiger partial charge is 0.225 e. The molecule has 96 valence electrons. The second-order valence-electron chi connectivity index (χ2n) is 4.38. The topological polar surface area (TPSA) is 55.6 Å². The highest BCUT2D eigenvalue weighted by molar-refractivity contribution is 5.85. The highest BCUT2D eigenvalue weighted by atomic mass is 35.5. The molecule has 0 bridgehead atoms. The molecule has 0 spiro atoms. The van der Waals surface area contributed by atoms with Crippen LogP contribution in [0, 0.1) is 5.92 Å². The van der Waals surface area contributed by atoms with Crippen molar-refractivity contribution in [3.05, 3.63) is 0 Å². The molecule has 1 rings (SSSR count). The fourth-order valence-corrected chi connectivity index (χ4v) is 2.11. The molecular weight excluding hydrogens is 228 g/mol. The molecule has 1 aliphatic rings. The number of ether oxygens (including phenoxy) is 1. The third kappa shape index (κ3) is 4.68. The van der Waals surface area contributed by atoms with Crippen molar-refractivity contribution < 1.29 is 9.53 Å². The number of carbonyl (C=O) groups is 1. The van der Waals surface area contributed by atoms with Gasteiger partial charge in [0.1, 0.15) is 0 Å². The lowest BCUT2D eigenvalue weighted by Gasteiger charge is -2.20. The van der Waals surface area contributed by atoms with E-state index in [0.29, 0.717) is 6.61 Å². The Morgan fingerprint density at radius 1 is 1.50 bits per heavy atom. The van der Waals surface area contributed by atoms with Crippen LogP contribution in [0.4, 0.5) is 0 Å². The van der Waals surface area contributed by atoms with Crippen LogP contribution in [0.15, 0.2) is 0 Å². The molecule has 16 heavy (non-hydrogen) atoms. The summed E-state index contributed by atoms with van der Waals surface area (Å²) in [6.07, 6.45) is 3.70. The molecule has 1 aliphatic carbocycles. The second-order valence-corrected chi connectivity index (χ2v) is 4.38. The number of amides is 1. The molecule has 4 nitrogen and oxygen atoms in total. The van der Waals surface area contributed by atoms with Gasteiger partial charge in [0.2, 0.25) is 5.91 Å². The summed E-state index contributed by atoms with van der Waals surface area (Å²) in [5, 5.41) is 0. The molecule has 1 fully saturated rings. The van der Waals surface area contributed by atoms with E-state index >= 15 is 0 Å². The number of nitrogens with zero attached hydrogens (tertiary/aromatic N) is 1. The summed E-state index contributed by atoms with van der Waals surface area (Å²) < 4.78 is 4.96. The molecular formula is C11H23ClN2O2. The Bertz CT molecular complexity index is 214. The lowest BCUT2D eigenvalue weighted by molar-refractivity contribution is -0.134. The molecule has 0 aromatic carbocycles. The molecule has 2 N–H and O–H groups in total. The van der Waals surface area contributed by atoms with Gasteiger partial charge in [-0.25, -0.2) is 0 Å². The number of methoxy groups -OCH3 is 1. The zero-order valence-corrected chi connectivity index (χ0v) is 11.0. The molecule has 0 aromatic heterocycles. The standard InChI is InChI=1S/C11H22N2O2.ClH/c1-13(6-3-7-15-2)11(14)9-4-5-10(12)8-9;/h9-10H,3-8,12H2,1-2H3;1H. The van der Waals surface area contributed by atoms with Gasteiger partial charge < -0.3 is 15.4 Å². The molecule has 0 radical (unpaired) electrons. The molecule has 2 atom stereocenters. The normalized spacial score (nSPS) is 23.9. The quantitative estimate of drug-likeness (QED) is 0.742. The first-order valence-corrected chi connectivity index (χ1v) is 5.64. The summed E-state index contributed by atoms with van der Waals surface area (Å²) in [5.41, 5.74) is 5.79. The average Bonchev–Trinajstić information content (AvgIpc) is 2.64. The molecule has 2 unspecified atom stereocenters. The zero-order valence-electron chi connectivity index (χ0n) is 10.1. The summed E-state index contributed by atoms with van der Waals surface area (Å²) in [7, 11) is 3.54. The Morgan fingerprint density at radius 2 is 2.19 bits per heavy atom. The fraction of sp³-hybridized carbons (Fsp3) is 0.909. The molecule has 0 aliphatic heterocycles. The molecule has 1 amide bonds. The van der Waals surface area contributed by atoms with Crippen molar-refractivity contribution in [1.82, 2.24) is 4.90 Å². The summed E-state index contributed by atoms with van der Waals surface area (Å²) in [4.78, 5) is 13.7. The van der Waals surface area contributed by atoms with E-state index in [-0.39, 0.29) is 30.3 Å². The summed E-state index contributed by atoms with van der Waals surface area (Å²) >= 11 is 0. The molecule has 0 aromatic rings. The minimum atomic E-state index is 0. The van der Waals surface area contributed by atoms with Gasteiger partial charge in [-0.2, -0.15) is 0 Å². The van der Waals surface area contributed by atoms with Crippen molar-refractivity contribution in [3.63, 3.8) is 0 Å². The van der Waals surface area contributed by atoms with Gasteiger partial charge in [0.25, 0.3) is 0 Å². The predicted molar refractivity (Wildman–Crippen MR) is 66.7 cm³/mol. The van der Waals surface area contributed by atoms with E-state index in [1.165, 1.54) is 0 Å². The lowest BCUT2D eigenvalue weighted by atomic mass is 10.1. The number of nitrogens with two attached hydrogens (primary N) is 1. The van der Waals surface area contributed by atoms with E-state index < -0.39 is 0 Å². The molecule has 1 saturated carbocycles. The van der Waals surface area contributed by atoms with Crippen LogP contribution in [0.5, 0.6) is 0 Å². The van der Waals surface area contributed by atoms with Crippen LogP contribution in [0.1, 0.15) is 25.7 Å². The summed E-state index contributed by atoms with van der Waals surface area (Å²) in [5.74, 6) is 0.409. The minimum Gasteiger partial charge on any atom is -0.385 e. The Hall–Kier alpha value is -0.320. The van der Waals surface area contributed by atoms with E-state index in [1.807, 2.05) is 11.9 Å². The van der Waals surface area contributed by atoms with Crippen molar-refractivity contribution in [1.29, 1.82) is 0 Å². The van der Waals surface area contributed by atoms with Gasteiger partial charge in [0.05, 0.1) is 0 Å². The largest absolute Gasteiger partial charge is 0.385 e. The van der Waals surface area contributed by atoms with Crippen LogP contribution in [0.2, 0.25) is 0 Å². The van der Waals surface area contributed by atoms with Crippen molar-refractivity contribution >= 4 is 18.3 Å². The monoisotopic (exact) mass is 250 g/mol. The van der Waals surface area contributed by atoms with Crippen molar-refractivity contribution in [2.24, 2.45) is 11.7 Å². The summed E-state index contributed by atoms with van der Waals surface area (Å²) in [6, 6.07) is 0.228. The Morgan fingerprint density at radius 3 is 2.69 bits per heavy atom. The summed E-state index contributed by atoms with van der Waals surface area (Å²) in [6.45, 7) is 1.49. The fourth-order valence-electron chi connectivity index (χ4n) is 2.11. The maximum Gasteiger partial charge on any atom is 0.225 e. The second kappa shape index (κ2) is 7.87. The lowest BCUT2D eigenvalue weighted by Crippen LogP contribution is -2.33. The Balaban J connectivity index is 0.00000225. The van der Waals surface area contributed by atoms with Crippen LogP contribution in [-0.2, 0) is 9.53 Å². The Labute approximate surface area is 104 Å². The van der Waals surface area contributed by atoms with Gasteiger partial charge in [-0.15, -0.1) is 12.4 Å². The maximum atomic E-state index is 11.9. The van der Waals surface area contributed by atoms with Crippen LogP contribution in [0.25, 0.3) is 0 Å². The first-order valence-electron chi connectivity index (χ1n) is 5.64. The van der Waals surface area contributed by atoms with Gasteiger partial charge >= 0.3 is 0 Å². The highest BCUT2D eigenvalue weighted by Gasteiger charge is 2.29. The molecule has 5 heteroatoms. The first kappa shape index (κ1) is 15.7. The van der Waals surface area contributed by atoms with E-state index in [2.05, 4.69) is 0 Å². The van der Waals surface area contributed by atoms with E-state index in [4.69, 9.17) is 10.5 Å². The average molecular weight is 251 g/mol. The molecule has 0 heterocycles. The van der Waals surface area contributed by atoms with Crippen LogP contribution in [-0.4, -0.2) is 44.2 Å². The third-order valence-electron chi connectivity index (χ3n) is 3.04. The van der Waals surface area contributed by atoms with Crippen molar-refractivity contribution in [2.45, 2.75) is 31.7 Å². The first-order chi connectivity index (χ1) is 7.15. The number of rotatable bonds is 5. The number of carbonyl (C=O) groups excluding carboxylic acids is 1. The molecule has 0 saturated heterocycles. The Kier molecular flexibility index (Phi) is 7.72. The SMILES string of the molecule is COCCCN(C)C(=O)C1CCC(N)C1.Cl. The van der Waals surface area contributed by atoms with Gasteiger partial charge in [-0.3, -0.25) is 4.79 Å². The van der Waals surface area contributed by atoms with E-state index in [1.54, 1.807) is 7.11 Å². The van der Waals surface area contributed by atoms with Gasteiger partial charge in [0.15, 0.2) is 0 Å². The minimum absolute atomic E-state index is 0. The van der Waals surface area contributed by atoms with Gasteiger partial charge in [-0.05, 0) is 25.7 Å². The van der Waals surface area contributed by atoms with Crippen LogP contribution in [0.3, 0.4) is 0 Å². The van der Waals surface area contributed by atoms with Gasteiger partial charge in [0, 0.05) is 39.3 Å². The van der Waals surface area contributed by atoms with Crippen LogP contribution >= 0.6 is 12.4 Å². The number of hydrogen-bond acceptors (Lipinski definition) is 3. The van der Waals surface area contributed by atoms with Crippen LogP contribution < -0.4 is 5.73 Å². The predicted octanol–water partition coefficient (Wildman–Crippen LogP) is 1.03. The van der Waals surface area contributed by atoms with Crippen molar-refractivity contribution in [3.8, 4) is 0 Å². The van der Waals surface area contributed by atoms with E-state index in [0.717, 1.165) is 32.2 Å². The highest BCUT2D eigenvalue weighted by Crippen LogP contribution is 2.25. The maximum absolute atomic E-state index is 11.9. The number of hydrogen-bond donors (Lipinski definition) is 1. The van der Waals surface area contributed by atoms with Gasteiger partial charge in [-0.1, -0.05) is 0 Å². The van der Waals surface area contributed by atoms with Crippen molar-refractivity contribution in [2.75, 3.05) is 27.3 Å². The zero-order chi connectivity index (χ0) is 11.3.